The molecule has 1 aromatic heterocycles. The van der Waals surface area contributed by atoms with Crippen LogP contribution in [0.1, 0.15) is 10.6 Å². The summed E-state index contributed by atoms with van der Waals surface area (Å²) in [6, 6.07) is 9.88. The number of nitrogens with zero attached hydrogens (tertiary/aromatic N) is 1. The third-order valence-corrected chi connectivity index (χ3v) is 3.67. The maximum absolute atomic E-state index is 11.8. The van der Waals surface area contributed by atoms with Crippen molar-refractivity contribution in [1.29, 1.82) is 0 Å². The van der Waals surface area contributed by atoms with Crippen molar-refractivity contribution in [3.05, 3.63) is 52.5 Å². The molecule has 5 heteroatoms. The van der Waals surface area contributed by atoms with Gasteiger partial charge in [-0.2, -0.15) is 12.6 Å². The lowest BCUT2D eigenvalue weighted by molar-refractivity contribution is -0.120. The van der Waals surface area contributed by atoms with Crippen molar-refractivity contribution in [2.45, 2.75) is 18.2 Å². The van der Waals surface area contributed by atoms with E-state index in [1.54, 1.807) is 6.20 Å². The third kappa shape index (κ3) is 3.85. The summed E-state index contributed by atoms with van der Waals surface area (Å²) in [5.41, 5.74) is 1.11. The summed E-state index contributed by atoms with van der Waals surface area (Å²) in [6.45, 7) is 0.475. The van der Waals surface area contributed by atoms with Crippen molar-refractivity contribution in [2.24, 2.45) is 0 Å². The van der Waals surface area contributed by atoms with Gasteiger partial charge in [0.05, 0.1) is 11.8 Å². The number of hydrogen-bond acceptors (Lipinski definition) is 4. The van der Waals surface area contributed by atoms with Crippen LogP contribution in [0.2, 0.25) is 0 Å². The number of hydrogen-bond donors (Lipinski definition) is 2. The Labute approximate surface area is 116 Å². The Morgan fingerprint density at radius 1 is 1.39 bits per heavy atom. The Morgan fingerprint density at radius 2 is 2.17 bits per heavy atom. The van der Waals surface area contributed by atoms with Gasteiger partial charge >= 0.3 is 0 Å². The highest BCUT2D eigenvalue weighted by atomic mass is 32.1. The Bertz CT molecular complexity index is 485. The zero-order valence-electron chi connectivity index (χ0n) is 9.74. The molecule has 0 spiro atoms. The average molecular weight is 278 g/mol. The number of aromatic nitrogens is 1. The predicted molar refractivity (Wildman–Crippen MR) is 76.9 cm³/mol. The van der Waals surface area contributed by atoms with Gasteiger partial charge in [0.15, 0.2) is 0 Å². The van der Waals surface area contributed by atoms with Crippen LogP contribution < -0.4 is 5.32 Å². The number of nitrogens with one attached hydrogen (secondary N) is 1. The van der Waals surface area contributed by atoms with E-state index in [9.17, 15) is 4.79 Å². The molecule has 1 unspecified atom stereocenters. The van der Waals surface area contributed by atoms with Crippen LogP contribution >= 0.6 is 24.0 Å². The summed E-state index contributed by atoms with van der Waals surface area (Å²) in [6.07, 6.45) is 2.36. The molecule has 0 aliphatic rings. The van der Waals surface area contributed by atoms with E-state index < -0.39 is 0 Å². The second-order valence-electron chi connectivity index (χ2n) is 3.85. The van der Waals surface area contributed by atoms with Gasteiger partial charge in [0.25, 0.3) is 0 Å². The predicted octanol–water partition coefficient (Wildman–Crippen LogP) is 2.30. The van der Waals surface area contributed by atoms with E-state index in [4.69, 9.17) is 0 Å². The number of thiazole rings is 1. The maximum Gasteiger partial charge on any atom is 0.233 e. The molecule has 94 valence electrons. The highest BCUT2D eigenvalue weighted by Gasteiger charge is 2.14. The van der Waals surface area contributed by atoms with Gasteiger partial charge in [-0.05, 0) is 12.0 Å². The minimum absolute atomic E-state index is 0.0580. The monoisotopic (exact) mass is 278 g/mol. The minimum Gasteiger partial charge on any atom is -0.349 e. The normalized spacial score (nSPS) is 12.1. The van der Waals surface area contributed by atoms with Crippen LogP contribution in [0.3, 0.4) is 0 Å². The maximum atomic E-state index is 11.8. The van der Waals surface area contributed by atoms with Crippen LogP contribution in [0.5, 0.6) is 0 Å². The number of rotatable bonds is 5. The molecule has 18 heavy (non-hydrogen) atoms. The first-order valence-electron chi connectivity index (χ1n) is 5.64. The van der Waals surface area contributed by atoms with Gasteiger partial charge in [0.1, 0.15) is 5.01 Å². The summed E-state index contributed by atoms with van der Waals surface area (Å²) < 4.78 is 0. The largest absolute Gasteiger partial charge is 0.349 e. The van der Waals surface area contributed by atoms with E-state index in [2.05, 4.69) is 22.9 Å². The first-order valence-corrected chi connectivity index (χ1v) is 7.03. The summed E-state index contributed by atoms with van der Waals surface area (Å²) in [7, 11) is 0. The smallest absolute Gasteiger partial charge is 0.233 e. The van der Waals surface area contributed by atoms with Crippen LogP contribution in [0.25, 0.3) is 0 Å². The van der Waals surface area contributed by atoms with Gasteiger partial charge in [0, 0.05) is 11.6 Å². The Morgan fingerprint density at radius 3 is 2.83 bits per heavy atom. The van der Waals surface area contributed by atoms with Crippen LogP contribution in [-0.2, 0) is 17.8 Å². The van der Waals surface area contributed by atoms with E-state index in [0.29, 0.717) is 13.0 Å². The van der Waals surface area contributed by atoms with Crippen LogP contribution in [-0.4, -0.2) is 16.1 Å². The molecule has 0 aliphatic carbocycles. The fraction of sp³-hybridized carbons (Fsp3) is 0.231. The van der Waals surface area contributed by atoms with E-state index in [1.807, 2.05) is 35.7 Å². The fourth-order valence-corrected chi connectivity index (χ4v) is 2.41. The lowest BCUT2D eigenvalue weighted by Crippen LogP contribution is -2.32. The van der Waals surface area contributed by atoms with Crippen LogP contribution in [0.4, 0.5) is 0 Å². The van der Waals surface area contributed by atoms with Crippen molar-refractivity contribution >= 4 is 29.9 Å². The van der Waals surface area contributed by atoms with Crippen molar-refractivity contribution in [3.8, 4) is 0 Å². The summed E-state index contributed by atoms with van der Waals surface area (Å²) >= 11 is 5.87. The fourth-order valence-electron chi connectivity index (χ4n) is 1.55. The molecule has 1 aromatic carbocycles. The Kier molecular flexibility index (Phi) is 4.78. The molecule has 0 bridgehead atoms. The van der Waals surface area contributed by atoms with E-state index in [-0.39, 0.29) is 11.2 Å². The Balaban J connectivity index is 1.82. The lowest BCUT2D eigenvalue weighted by Gasteiger charge is -2.10. The highest BCUT2D eigenvalue weighted by molar-refractivity contribution is 7.81. The number of carbonyl (C=O) groups is 1. The van der Waals surface area contributed by atoms with Gasteiger partial charge in [-0.1, -0.05) is 30.3 Å². The molecule has 0 saturated carbocycles. The first kappa shape index (κ1) is 13.1. The molecule has 0 radical (unpaired) electrons. The third-order valence-electron chi connectivity index (χ3n) is 2.47. The van der Waals surface area contributed by atoms with Gasteiger partial charge < -0.3 is 5.32 Å². The summed E-state index contributed by atoms with van der Waals surface area (Å²) in [5.74, 6) is -0.0580. The summed E-state index contributed by atoms with van der Waals surface area (Å²) in [4.78, 5) is 15.9. The highest BCUT2D eigenvalue weighted by Crippen LogP contribution is 2.09. The number of benzene rings is 1. The average Bonchev–Trinajstić information content (AvgIpc) is 2.90. The van der Waals surface area contributed by atoms with Gasteiger partial charge in [0.2, 0.25) is 5.91 Å². The lowest BCUT2D eigenvalue weighted by atomic mass is 10.1. The molecule has 0 aliphatic heterocycles. The zero-order valence-corrected chi connectivity index (χ0v) is 11.5. The Hall–Kier alpha value is -1.33. The first-order chi connectivity index (χ1) is 8.75. The molecular formula is C13H14N2OS2. The van der Waals surface area contributed by atoms with Crippen molar-refractivity contribution in [2.75, 3.05) is 0 Å². The van der Waals surface area contributed by atoms with Crippen molar-refractivity contribution in [1.82, 2.24) is 10.3 Å². The second kappa shape index (κ2) is 6.56. The molecule has 0 fully saturated rings. The molecule has 2 rings (SSSR count). The van der Waals surface area contributed by atoms with Gasteiger partial charge in [-0.25, -0.2) is 4.98 Å². The number of carbonyl (C=O) groups excluding carboxylic acids is 1. The van der Waals surface area contributed by atoms with Crippen molar-refractivity contribution < 1.29 is 4.79 Å². The van der Waals surface area contributed by atoms with E-state index >= 15 is 0 Å². The molecule has 1 N–H and O–H groups in total. The molecule has 1 amide bonds. The standard InChI is InChI=1S/C13H14N2OS2/c16-13(15-9-12-14-6-7-18-12)11(17)8-10-4-2-1-3-5-10/h1-7,11,17H,8-9H2,(H,15,16). The molecule has 1 heterocycles. The van der Waals surface area contributed by atoms with Gasteiger partial charge in [-0.3, -0.25) is 4.79 Å². The van der Waals surface area contributed by atoms with Gasteiger partial charge in [-0.15, -0.1) is 11.3 Å². The number of amides is 1. The molecule has 3 nitrogen and oxygen atoms in total. The van der Waals surface area contributed by atoms with E-state index in [0.717, 1.165) is 10.6 Å². The SMILES string of the molecule is O=C(NCc1nccs1)C(S)Cc1ccccc1. The molecular weight excluding hydrogens is 264 g/mol. The molecule has 1 atom stereocenters. The summed E-state index contributed by atoms with van der Waals surface area (Å²) in [5, 5.41) is 5.31. The topological polar surface area (TPSA) is 42.0 Å². The van der Waals surface area contributed by atoms with Crippen LogP contribution in [0, 0.1) is 0 Å². The minimum atomic E-state index is -0.327. The second-order valence-corrected chi connectivity index (χ2v) is 5.45. The molecule has 0 saturated heterocycles. The van der Waals surface area contributed by atoms with Crippen LogP contribution in [0.15, 0.2) is 41.9 Å². The number of thiol groups is 1. The zero-order chi connectivity index (χ0) is 12.8. The molecule has 2 aromatic rings. The van der Waals surface area contributed by atoms with E-state index in [1.165, 1.54) is 11.3 Å². The van der Waals surface area contributed by atoms with Crippen molar-refractivity contribution in [3.63, 3.8) is 0 Å². The quantitative estimate of drug-likeness (QED) is 0.824.